The number of ether oxygens (including phenoxy) is 1. The maximum absolute atomic E-state index is 8.98. The Labute approximate surface area is 80.7 Å². The van der Waals surface area contributed by atoms with E-state index in [2.05, 4.69) is 25.7 Å². The van der Waals surface area contributed by atoms with Crippen LogP contribution in [0.5, 0.6) is 0 Å². The van der Waals surface area contributed by atoms with Crippen molar-refractivity contribution >= 4 is 0 Å². The quantitative estimate of drug-likeness (QED) is 0.707. The van der Waals surface area contributed by atoms with Crippen LogP contribution in [0.1, 0.15) is 20.8 Å². The van der Waals surface area contributed by atoms with Crippen molar-refractivity contribution in [3.63, 3.8) is 0 Å². The van der Waals surface area contributed by atoms with Crippen molar-refractivity contribution in [1.29, 1.82) is 0 Å². The zero-order chi connectivity index (χ0) is 9.84. The summed E-state index contributed by atoms with van der Waals surface area (Å²) in [6.07, 6.45) is 0.0231. The van der Waals surface area contributed by atoms with Crippen LogP contribution in [0, 0.1) is 5.92 Å². The number of aliphatic hydroxyl groups excluding tert-OH is 1. The van der Waals surface area contributed by atoms with Gasteiger partial charge in [-0.2, -0.15) is 0 Å². The van der Waals surface area contributed by atoms with Crippen LogP contribution in [0.4, 0.5) is 0 Å². The predicted octanol–water partition coefficient (Wildman–Crippen LogP) is 0.724. The summed E-state index contributed by atoms with van der Waals surface area (Å²) in [7, 11) is 0. The molecule has 1 rings (SSSR count). The molecule has 1 aliphatic rings. The fourth-order valence-electron chi connectivity index (χ4n) is 1.64. The van der Waals surface area contributed by atoms with Gasteiger partial charge in [-0.05, 0) is 12.8 Å². The fraction of sp³-hybridized carbons (Fsp3) is 1.00. The van der Waals surface area contributed by atoms with E-state index in [1.807, 2.05) is 0 Å². The van der Waals surface area contributed by atoms with Crippen LogP contribution in [-0.4, -0.2) is 48.5 Å². The average molecular weight is 187 g/mol. The molecule has 2 atom stereocenters. The molecule has 0 saturated carbocycles. The molecule has 0 bridgehead atoms. The molecule has 2 unspecified atom stereocenters. The minimum Gasteiger partial charge on any atom is -0.394 e. The lowest BCUT2D eigenvalue weighted by molar-refractivity contribution is -0.0675. The van der Waals surface area contributed by atoms with Gasteiger partial charge in [0, 0.05) is 19.1 Å². The van der Waals surface area contributed by atoms with Crippen molar-refractivity contribution in [1.82, 2.24) is 4.90 Å². The molecule has 78 valence electrons. The molecule has 1 N–H and O–H groups in total. The third-order valence-corrected chi connectivity index (χ3v) is 2.91. The molecule has 1 saturated heterocycles. The summed E-state index contributed by atoms with van der Waals surface area (Å²) in [6, 6.07) is 0.581. The number of nitrogens with zero attached hydrogens (tertiary/aromatic N) is 1. The number of hydrogen-bond donors (Lipinski definition) is 1. The van der Waals surface area contributed by atoms with E-state index in [4.69, 9.17) is 9.84 Å². The van der Waals surface area contributed by atoms with E-state index < -0.39 is 0 Å². The molecular weight excluding hydrogens is 166 g/mol. The highest BCUT2D eigenvalue weighted by Gasteiger charge is 2.24. The minimum absolute atomic E-state index is 0.0231. The van der Waals surface area contributed by atoms with Gasteiger partial charge in [-0.1, -0.05) is 13.8 Å². The van der Waals surface area contributed by atoms with Gasteiger partial charge < -0.3 is 9.84 Å². The first-order valence-corrected chi connectivity index (χ1v) is 5.11. The van der Waals surface area contributed by atoms with Crippen LogP contribution in [0.15, 0.2) is 0 Å². The van der Waals surface area contributed by atoms with E-state index in [9.17, 15) is 0 Å². The van der Waals surface area contributed by atoms with Gasteiger partial charge in [0.05, 0.1) is 19.3 Å². The Balaban J connectivity index is 2.41. The molecule has 0 spiro atoms. The van der Waals surface area contributed by atoms with E-state index in [0.717, 1.165) is 19.7 Å². The third-order valence-electron chi connectivity index (χ3n) is 2.91. The van der Waals surface area contributed by atoms with E-state index in [-0.39, 0.29) is 12.7 Å². The lowest BCUT2D eigenvalue weighted by atomic mass is 10.0. The molecule has 1 heterocycles. The molecule has 1 aliphatic heterocycles. The fourth-order valence-corrected chi connectivity index (χ4v) is 1.64. The van der Waals surface area contributed by atoms with Crippen molar-refractivity contribution < 1.29 is 9.84 Å². The van der Waals surface area contributed by atoms with Gasteiger partial charge in [0.1, 0.15) is 0 Å². The first-order chi connectivity index (χ1) is 6.15. The first-order valence-electron chi connectivity index (χ1n) is 5.11. The van der Waals surface area contributed by atoms with E-state index >= 15 is 0 Å². The molecule has 0 amide bonds. The summed E-state index contributed by atoms with van der Waals surface area (Å²) >= 11 is 0. The molecule has 0 radical (unpaired) electrons. The van der Waals surface area contributed by atoms with Crippen LogP contribution in [-0.2, 0) is 4.74 Å². The van der Waals surface area contributed by atoms with Gasteiger partial charge in [-0.15, -0.1) is 0 Å². The van der Waals surface area contributed by atoms with Gasteiger partial charge in [-0.3, -0.25) is 4.90 Å². The zero-order valence-corrected chi connectivity index (χ0v) is 8.86. The third kappa shape index (κ3) is 2.93. The standard InChI is InChI=1S/C10H21NO2/c1-8(2)9(3)11-4-5-13-10(6-11)7-12/h8-10,12H,4-7H2,1-3H3. The summed E-state index contributed by atoms with van der Waals surface area (Å²) in [4.78, 5) is 2.40. The van der Waals surface area contributed by atoms with Gasteiger partial charge >= 0.3 is 0 Å². The molecule has 0 aromatic heterocycles. The highest BCUT2D eigenvalue weighted by Crippen LogP contribution is 2.14. The lowest BCUT2D eigenvalue weighted by Crippen LogP contribution is -2.49. The SMILES string of the molecule is CC(C)C(C)N1CCOC(CO)C1. The number of rotatable bonds is 3. The van der Waals surface area contributed by atoms with Crippen molar-refractivity contribution in [2.75, 3.05) is 26.3 Å². The van der Waals surface area contributed by atoms with Crippen molar-refractivity contribution in [2.24, 2.45) is 5.92 Å². The smallest absolute Gasteiger partial charge is 0.0932 e. The molecule has 3 heteroatoms. The Morgan fingerprint density at radius 3 is 2.69 bits per heavy atom. The van der Waals surface area contributed by atoms with E-state index in [0.29, 0.717) is 12.0 Å². The maximum Gasteiger partial charge on any atom is 0.0932 e. The number of morpholine rings is 1. The normalized spacial score (nSPS) is 27.9. The topological polar surface area (TPSA) is 32.7 Å². The molecule has 0 aromatic carbocycles. The summed E-state index contributed by atoms with van der Waals surface area (Å²) in [6.45, 7) is 9.46. The lowest BCUT2D eigenvalue weighted by Gasteiger charge is -2.37. The molecule has 1 fully saturated rings. The Morgan fingerprint density at radius 2 is 2.15 bits per heavy atom. The number of aliphatic hydroxyl groups is 1. The van der Waals surface area contributed by atoms with Crippen LogP contribution in [0.3, 0.4) is 0 Å². The second-order valence-corrected chi connectivity index (χ2v) is 4.15. The summed E-state index contributed by atoms with van der Waals surface area (Å²) < 4.78 is 5.40. The summed E-state index contributed by atoms with van der Waals surface area (Å²) in [5.74, 6) is 0.664. The highest BCUT2D eigenvalue weighted by molar-refractivity contribution is 4.77. The first kappa shape index (κ1) is 11.0. The van der Waals surface area contributed by atoms with Crippen molar-refractivity contribution in [3.8, 4) is 0 Å². The average Bonchev–Trinajstić information content (AvgIpc) is 2.16. The van der Waals surface area contributed by atoms with Gasteiger partial charge in [-0.25, -0.2) is 0 Å². The largest absolute Gasteiger partial charge is 0.394 e. The highest BCUT2D eigenvalue weighted by atomic mass is 16.5. The number of hydrogen-bond acceptors (Lipinski definition) is 3. The molecular formula is C10H21NO2. The minimum atomic E-state index is 0.0231. The van der Waals surface area contributed by atoms with Crippen LogP contribution < -0.4 is 0 Å². The maximum atomic E-state index is 8.98. The van der Waals surface area contributed by atoms with Crippen LogP contribution >= 0.6 is 0 Å². The molecule has 13 heavy (non-hydrogen) atoms. The summed E-state index contributed by atoms with van der Waals surface area (Å²) in [5, 5.41) is 8.98. The molecule has 3 nitrogen and oxygen atoms in total. The van der Waals surface area contributed by atoms with Gasteiger partial charge in [0.2, 0.25) is 0 Å². The van der Waals surface area contributed by atoms with Crippen molar-refractivity contribution in [3.05, 3.63) is 0 Å². The van der Waals surface area contributed by atoms with Crippen LogP contribution in [0.25, 0.3) is 0 Å². The Kier molecular flexibility index (Phi) is 4.16. The Bertz CT molecular complexity index is 150. The van der Waals surface area contributed by atoms with Gasteiger partial charge in [0.25, 0.3) is 0 Å². The molecule has 0 aliphatic carbocycles. The van der Waals surface area contributed by atoms with Crippen molar-refractivity contribution in [2.45, 2.75) is 32.9 Å². The zero-order valence-electron chi connectivity index (χ0n) is 8.86. The van der Waals surface area contributed by atoms with Gasteiger partial charge in [0.15, 0.2) is 0 Å². The summed E-state index contributed by atoms with van der Waals surface area (Å²) in [5.41, 5.74) is 0. The van der Waals surface area contributed by atoms with Crippen LogP contribution in [0.2, 0.25) is 0 Å². The van der Waals surface area contributed by atoms with E-state index in [1.165, 1.54) is 0 Å². The van der Waals surface area contributed by atoms with E-state index in [1.54, 1.807) is 0 Å². The molecule has 0 aromatic rings. The second-order valence-electron chi connectivity index (χ2n) is 4.15. The predicted molar refractivity (Wildman–Crippen MR) is 52.7 cm³/mol. The second kappa shape index (κ2) is 4.94. The monoisotopic (exact) mass is 187 g/mol. The Hall–Kier alpha value is -0.120. The Morgan fingerprint density at radius 1 is 1.46 bits per heavy atom.